The second-order valence-electron chi connectivity index (χ2n) is 4.67. The predicted molar refractivity (Wildman–Crippen MR) is 65.9 cm³/mol. The van der Waals surface area contributed by atoms with Gasteiger partial charge in [0.2, 0.25) is 0 Å². The molecule has 1 unspecified atom stereocenters. The van der Waals surface area contributed by atoms with Crippen molar-refractivity contribution in [3.8, 4) is 0 Å². The number of benzene rings is 1. The Morgan fingerprint density at radius 3 is 2.71 bits per heavy atom. The number of piperidine rings is 1. The minimum absolute atomic E-state index is 0.0185. The highest BCUT2D eigenvalue weighted by molar-refractivity contribution is 6.31. The van der Waals surface area contributed by atoms with Crippen molar-refractivity contribution < 1.29 is 8.78 Å². The van der Waals surface area contributed by atoms with E-state index >= 15 is 0 Å². The summed E-state index contributed by atoms with van der Waals surface area (Å²) in [5.74, 6) is -2.48. The van der Waals surface area contributed by atoms with Crippen LogP contribution in [0.1, 0.15) is 36.8 Å². The van der Waals surface area contributed by atoms with Gasteiger partial charge in [-0.1, -0.05) is 23.7 Å². The maximum Gasteiger partial charge on any atom is 0.270 e. The summed E-state index contributed by atoms with van der Waals surface area (Å²) >= 11 is 6.11. The Bertz CT molecular complexity index is 395. The van der Waals surface area contributed by atoms with Gasteiger partial charge in [-0.05, 0) is 36.9 Å². The molecule has 0 radical (unpaired) electrons. The van der Waals surface area contributed by atoms with Crippen molar-refractivity contribution in [1.82, 2.24) is 5.32 Å². The van der Waals surface area contributed by atoms with Crippen LogP contribution in [0.2, 0.25) is 5.02 Å². The van der Waals surface area contributed by atoms with Crippen LogP contribution < -0.4 is 5.32 Å². The van der Waals surface area contributed by atoms with Gasteiger partial charge >= 0.3 is 0 Å². The van der Waals surface area contributed by atoms with E-state index in [4.69, 9.17) is 11.6 Å². The average Bonchev–Trinajstić information content (AvgIpc) is 2.29. The Morgan fingerprint density at radius 2 is 2.18 bits per heavy atom. The van der Waals surface area contributed by atoms with Crippen LogP contribution in [0.3, 0.4) is 0 Å². The highest BCUT2D eigenvalue weighted by Gasteiger charge is 2.26. The second kappa shape index (κ2) is 4.91. The lowest BCUT2D eigenvalue weighted by Crippen LogP contribution is -2.28. The van der Waals surface area contributed by atoms with Crippen LogP contribution in [0.5, 0.6) is 0 Å². The minimum atomic E-state index is -2.83. The molecule has 0 spiro atoms. The van der Waals surface area contributed by atoms with E-state index in [1.165, 1.54) is 12.1 Å². The summed E-state index contributed by atoms with van der Waals surface area (Å²) in [4.78, 5) is 0. The summed E-state index contributed by atoms with van der Waals surface area (Å²) in [5.41, 5.74) is 0.960. The van der Waals surface area contributed by atoms with Crippen molar-refractivity contribution in [2.45, 2.75) is 31.6 Å². The number of rotatable bonds is 2. The number of hydrogen-bond acceptors (Lipinski definition) is 1. The molecule has 0 saturated carbocycles. The number of halogens is 3. The van der Waals surface area contributed by atoms with E-state index in [9.17, 15) is 8.78 Å². The molecule has 4 heteroatoms. The molecule has 17 heavy (non-hydrogen) atoms. The number of hydrogen-bond donors (Lipinski definition) is 1. The van der Waals surface area contributed by atoms with Crippen LogP contribution in [0.4, 0.5) is 8.78 Å². The third-order valence-electron chi connectivity index (χ3n) is 3.24. The van der Waals surface area contributed by atoms with Gasteiger partial charge in [0.05, 0.1) is 0 Å². The van der Waals surface area contributed by atoms with Crippen LogP contribution in [0, 0.1) is 0 Å². The lowest BCUT2D eigenvalue weighted by atomic mass is 9.90. The van der Waals surface area contributed by atoms with Crippen LogP contribution in [-0.4, -0.2) is 13.1 Å². The van der Waals surface area contributed by atoms with E-state index in [-0.39, 0.29) is 5.56 Å². The minimum Gasteiger partial charge on any atom is -0.316 e. The molecule has 1 heterocycles. The number of nitrogens with one attached hydrogen (secondary N) is 1. The van der Waals surface area contributed by atoms with E-state index in [0.717, 1.165) is 38.4 Å². The standard InChI is InChI=1S/C13H16ClF2N/c1-13(15,16)10-4-5-11(12(14)7-10)9-3-2-6-17-8-9/h4-5,7,9,17H,2-3,6,8H2,1H3. The largest absolute Gasteiger partial charge is 0.316 e. The Hall–Kier alpha value is -0.670. The first-order valence-electron chi connectivity index (χ1n) is 5.87. The third-order valence-corrected chi connectivity index (χ3v) is 3.57. The Labute approximate surface area is 105 Å². The quantitative estimate of drug-likeness (QED) is 0.849. The summed E-state index contributed by atoms with van der Waals surface area (Å²) in [7, 11) is 0. The Kier molecular flexibility index (Phi) is 3.69. The van der Waals surface area contributed by atoms with Gasteiger partial charge in [0.1, 0.15) is 0 Å². The highest BCUT2D eigenvalue weighted by Crippen LogP contribution is 2.34. The molecule has 1 aliphatic heterocycles. The predicted octanol–water partition coefficient (Wildman–Crippen LogP) is 3.92. The van der Waals surface area contributed by atoms with Gasteiger partial charge in [-0.3, -0.25) is 0 Å². The van der Waals surface area contributed by atoms with Gasteiger partial charge in [0, 0.05) is 24.1 Å². The summed E-state index contributed by atoms with van der Waals surface area (Å²) in [6, 6.07) is 4.62. The van der Waals surface area contributed by atoms with Crippen LogP contribution in [0.15, 0.2) is 18.2 Å². The first kappa shape index (κ1) is 12.8. The Balaban J connectivity index is 2.25. The monoisotopic (exact) mass is 259 g/mol. The molecule has 0 aliphatic carbocycles. The van der Waals surface area contributed by atoms with Crippen LogP contribution >= 0.6 is 11.6 Å². The van der Waals surface area contributed by atoms with E-state index in [1.54, 1.807) is 6.07 Å². The molecular formula is C13H16ClF2N. The zero-order valence-electron chi connectivity index (χ0n) is 9.77. The van der Waals surface area contributed by atoms with Crippen molar-refractivity contribution >= 4 is 11.6 Å². The normalized spacial score (nSPS) is 21.5. The maximum atomic E-state index is 13.1. The summed E-state index contributed by atoms with van der Waals surface area (Å²) in [6.45, 7) is 2.79. The lowest BCUT2D eigenvalue weighted by Gasteiger charge is -2.24. The molecule has 0 aromatic heterocycles. The molecule has 94 valence electrons. The van der Waals surface area contributed by atoms with Crippen LogP contribution in [0.25, 0.3) is 0 Å². The molecule has 1 saturated heterocycles. The molecular weight excluding hydrogens is 244 g/mol. The molecule has 1 atom stereocenters. The third kappa shape index (κ3) is 2.96. The molecule has 1 nitrogen and oxygen atoms in total. The number of alkyl halides is 2. The van der Waals surface area contributed by atoms with E-state index in [2.05, 4.69) is 5.32 Å². The fourth-order valence-electron chi connectivity index (χ4n) is 2.25. The summed E-state index contributed by atoms with van der Waals surface area (Å²) < 4.78 is 26.3. The van der Waals surface area contributed by atoms with E-state index < -0.39 is 5.92 Å². The lowest BCUT2D eigenvalue weighted by molar-refractivity contribution is 0.0174. The highest BCUT2D eigenvalue weighted by atomic mass is 35.5. The molecule has 1 fully saturated rings. The zero-order valence-corrected chi connectivity index (χ0v) is 10.5. The van der Waals surface area contributed by atoms with Crippen molar-refractivity contribution in [2.75, 3.05) is 13.1 Å². The summed E-state index contributed by atoms with van der Waals surface area (Å²) in [6.07, 6.45) is 2.17. The van der Waals surface area contributed by atoms with Gasteiger partial charge < -0.3 is 5.32 Å². The molecule has 1 aliphatic rings. The summed E-state index contributed by atoms with van der Waals surface area (Å²) in [5, 5.41) is 3.75. The second-order valence-corrected chi connectivity index (χ2v) is 5.08. The van der Waals surface area contributed by atoms with Crippen molar-refractivity contribution in [2.24, 2.45) is 0 Å². The molecule has 1 aromatic carbocycles. The smallest absolute Gasteiger partial charge is 0.270 e. The SMILES string of the molecule is CC(F)(F)c1ccc(C2CCCNC2)c(Cl)c1. The van der Waals surface area contributed by atoms with E-state index in [0.29, 0.717) is 10.9 Å². The molecule has 1 aromatic rings. The van der Waals surface area contributed by atoms with Crippen molar-refractivity contribution in [1.29, 1.82) is 0 Å². The van der Waals surface area contributed by atoms with Crippen molar-refractivity contribution in [3.05, 3.63) is 34.3 Å². The first-order chi connectivity index (χ1) is 7.98. The fraction of sp³-hybridized carbons (Fsp3) is 0.538. The first-order valence-corrected chi connectivity index (χ1v) is 6.25. The topological polar surface area (TPSA) is 12.0 Å². The van der Waals surface area contributed by atoms with Crippen molar-refractivity contribution in [3.63, 3.8) is 0 Å². The van der Waals surface area contributed by atoms with E-state index in [1.807, 2.05) is 0 Å². The fourth-order valence-corrected chi connectivity index (χ4v) is 2.58. The van der Waals surface area contributed by atoms with Gasteiger partial charge in [-0.15, -0.1) is 0 Å². The van der Waals surface area contributed by atoms with Gasteiger partial charge in [-0.25, -0.2) is 8.78 Å². The Morgan fingerprint density at radius 1 is 1.41 bits per heavy atom. The van der Waals surface area contributed by atoms with Gasteiger partial charge in [0.25, 0.3) is 5.92 Å². The molecule has 2 rings (SSSR count). The molecule has 0 amide bonds. The maximum absolute atomic E-state index is 13.1. The van der Waals surface area contributed by atoms with Gasteiger partial charge in [-0.2, -0.15) is 0 Å². The van der Waals surface area contributed by atoms with Gasteiger partial charge in [0.15, 0.2) is 0 Å². The zero-order chi connectivity index (χ0) is 12.5. The van der Waals surface area contributed by atoms with Crippen LogP contribution in [-0.2, 0) is 5.92 Å². The average molecular weight is 260 g/mol. The molecule has 1 N–H and O–H groups in total. The molecule has 0 bridgehead atoms.